The number of thioether (sulfide) groups is 1. The van der Waals surface area contributed by atoms with Crippen LogP contribution < -0.4 is 10.6 Å². The molecular formula is C16H22N2O4S. The molecule has 1 saturated carbocycles. The Hall–Kier alpha value is -1.73. The second kappa shape index (κ2) is 7.70. The van der Waals surface area contributed by atoms with Crippen LogP contribution in [0.4, 0.5) is 10.5 Å². The molecule has 1 atom stereocenters. The topological polar surface area (TPSA) is 98.7 Å². The van der Waals surface area contributed by atoms with E-state index in [-0.39, 0.29) is 6.54 Å². The summed E-state index contributed by atoms with van der Waals surface area (Å²) >= 11 is 1.76. The number of aliphatic carboxylic acids is 1. The first-order valence-corrected chi connectivity index (χ1v) is 8.53. The van der Waals surface area contributed by atoms with E-state index in [9.17, 15) is 14.7 Å². The highest BCUT2D eigenvalue weighted by Gasteiger charge is 2.30. The Bertz CT molecular complexity index is 571. The summed E-state index contributed by atoms with van der Waals surface area (Å²) in [5, 5.41) is 24.1. The largest absolute Gasteiger partial charge is 0.479 e. The number of aliphatic hydroxyl groups is 1. The van der Waals surface area contributed by atoms with Crippen molar-refractivity contribution in [2.24, 2.45) is 0 Å². The van der Waals surface area contributed by atoms with Gasteiger partial charge in [0.1, 0.15) is 0 Å². The average Bonchev–Trinajstić information content (AvgIpc) is 3.00. The number of hydrogen-bond acceptors (Lipinski definition) is 4. The maximum atomic E-state index is 11.9. The first kappa shape index (κ1) is 17.6. The molecule has 1 unspecified atom stereocenters. The summed E-state index contributed by atoms with van der Waals surface area (Å²) in [6.45, 7) is 0.769. The summed E-state index contributed by atoms with van der Waals surface area (Å²) in [6, 6.07) is 7.00. The predicted octanol–water partition coefficient (Wildman–Crippen LogP) is 2.68. The zero-order valence-electron chi connectivity index (χ0n) is 13.0. The van der Waals surface area contributed by atoms with E-state index >= 15 is 0 Å². The van der Waals surface area contributed by atoms with Crippen molar-refractivity contribution in [3.05, 3.63) is 24.3 Å². The second-order valence-corrected chi connectivity index (χ2v) is 7.25. The fourth-order valence-corrected chi connectivity index (χ4v) is 3.68. The standard InChI is InChI=1S/C16H22N2O4S/c1-16(22,14(19)20)10-17-15(21)18-12-8-4-5-9-13(12)23-11-6-2-3-7-11/h4-5,8-9,11,22H,2-3,6-7,10H2,1H3,(H,19,20)(H2,17,18,21). The minimum absolute atomic E-state index is 0.369. The summed E-state index contributed by atoms with van der Waals surface area (Å²) in [7, 11) is 0. The molecule has 0 radical (unpaired) electrons. The van der Waals surface area contributed by atoms with E-state index in [1.807, 2.05) is 24.3 Å². The van der Waals surface area contributed by atoms with E-state index in [0.29, 0.717) is 10.9 Å². The first-order valence-electron chi connectivity index (χ1n) is 7.65. The molecule has 0 aliphatic heterocycles. The Balaban J connectivity index is 1.94. The van der Waals surface area contributed by atoms with Gasteiger partial charge in [0, 0.05) is 10.1 Å². The number of amides is 2. The maximum Gasteiger partial charge on any atom is 0.337 e. The molecule has 0 heterocycles. The number of carboxylic acid groups (broad SMARTS) is 1. The van der Waals surface area contributed by atoms with Crippen LogP contribution in [-0.2, 0) is 4.79 Å². The Morgan fingerprint density at radius 1 is 1.30 bits per heavy atom. The third-order valence-corrected chi connectivity index (χ3v) is 5.20. The number of anilines is 1. The van der Waals surface area contributed by atoms with Gasteiger partial charge in [-0.25, -0.2) is 9.59 Å². The number of nitrogens with one attached hydrogen (secondary N) is 2. The van der Waals surface area contributed by atoms with Gasteiger partial charge in [0.05, 0.1) is 12.2 Å². The lowest BCUT2D eigenvalue weighted by Gasteiger charge is -2.19. The molecule has 2 rings (SSSR count). The average molecular weight is 338 g/mol. The van der Waals surface area contributed by atoms with Gasteiger partial charge in [-0.2, -0.15) is 0 Å². The number of urea groups is 1. The quantitative estimate of drug-likeness (QED) is 0.639. The zero-order valence-corrected chi connectivity index (χ0v) is 13.9. The van der Waals surface area contributed by atoms with Gasteiger partial charge in [-0.3, -0.25) is 0 Å². The van der Waals surface area contributed by atoms with Crippen LogP contribution in [0, 0.1) is 0 Å². The molecule has 6 nitrogen and oxygen atoms in total. The van der Waals surface area contributed by atoms with Crippen LogP contribution in [-0.4, -0.2) is 39.6 Å². The summed E-state index contributed by atoms with van der Waals surface area (Å²) in [5.74, 6) is -1.38. The lowest BCUT2D eigenvalue weighted by atomic mass is 10.1. The van der Waals surface area contributed by atoms with E-state index in [2.05, 4.69) is 10.6 Å². The van der Waals surface area contributed by atoms with Gasteiger partial charge in [-0.15, -0.1) is 11.8 Å². The van der Waals surface area contributed by atoms with Crippen molar-refractivity contribution in [2.75, 3.05) is 11.9 Å². The smallest absolute Gasteiger partial charge is 0.337 e. The molecule has 0 saturated heterocycles. The predicted molar refractivity (Wildman–Crippen MR) is 89.8 cm³/mol. The number of carbonyl (C=O) groups is 2. The van der Waals surface area contributed by atoms with Gasteiger partial charge in [0.15, 0.2) is 5.60 Å². The van der Waals surface area contributed by atoms with Gasteiger partial charge in [-0.1, -0.05) is 25.0 Å². The van der Waals surface area contributed by atoms with Crippen molar-refractivity contribution in [3.8, 4) is 0 Å². The minimum Gasteiger partial charge on any atom is -0.479 e. The molecule has 1 aromatic rings. The van der Waals surface area contributed by atoms with Crippen molar-refractivity contribution in [3.63, 3.8) is 0 Å². The highest BCUT2D eigenvalue weighted by molar-refractivity contribution is 8.00. The third kappa shape index (κ3) is 5.14. The van der Waals surface area contributed by atoms with Gasteiger partial charge < -0.3 is 20.8 Å². The number of benzene rings is 1. The Kier molecular flexibility index (Phi) is 5.90. The van der Waals surface area contributed by atoms with E-state index in [1.54, 1.807) is 11.8 Å². The zero-order chi connectivity index (χ0) is 16.9. The first-order chi connectivity index (χ1) is 10.9. The van der Waals surface area contributed by atoms with E-state index in [1.165, 1.54) is 25.7 Å². The van der Waals surface area contributed by atoms with Gasteiger partial charge in [-0.05, 0) is 31.9 Å². The number of carbonyl (C=O) groups excluding carboxylic acids is 1. The lowest BCUT2D eigenvalue weighted by molar-refractivity contribution is -0.155. The van der Waals surface area contributed by atoms with Crippen molar-refractivity contribution in [2.45, 2.75) is 48.4 Å². The second-order valence-electron chi connectivity index (χ2n) is 5.91. The van der Waals surface area contributed by atoms with Crippen molar-refractivity contribution >= 4 is 29.4 Å². The molecule has 2 amide bonds. The molecule has 23 heavy (non-hydrogen) atoms. The summed E-state index contributed by atoms with van der Waals surface area (Å²) in [6.07, 6.45) is 4.87. The molecular weight excluding hydrogens is 316 g/mol. The van der Waals surface area contributed by atoms with E-state index in [4.69, 9.17) is 5.11 Å². The molecule has 4 N–H and O–H groups in total. The Labute approximate surface area is 139 Å². The molecule has 1 aromatic carbocycles. The number of carboxylic acids is 1. The molecule has 7 heteroatoms. The van der Waals surface area contributed by atoms with Crippen LogP contribution in [0.1, 0.15) is 32.6 Å². The van der Waals surface area contributed by atoms with E-state index < -0.39 is 17.6 Å². The molecule has 0 spiro atoms. The molecule has 0 bridgehead atoms. The maximum absolute atomic E-state index is 11.9. The summed E-state index contributed by atoms with van der Waals surface area (Å²) in [5.41, 5.74) is -1.30. The van der Waals surface area contributed by atoms with Crippen LogP contribution in [0.15, 0.2) is 29.2 Å². The third-order valence-electron chi connectivity index (χ3n) is 3.78. The minimum atomic E-state index is -1.99. The normalized spacial score (nSPS) is 17.5. The SMILES string of the molecule is CC(O)(CNC(=O)Nc1ccccc1SC1CCCC1)C(=O)O. The fourth-order valence-electron chi connectivity index (χ4n) is 2.35. The van der Waals surface area contributed by atoms with E-state index in [0.717, 1.165) is 11.8 Å². The van der Waals surface area contributed by atoms with Crippen LogP contribution in [0.5, 0.6) is 0 Å². The Morgan fingerprint density at radius 3 is 2.61 bits per heavy atom. The van der Waals surface area contributed by atoms with Gasteiger partial charge in [0.2, 0.25) is 0 Å². The van der Waals surface area contributed by atoms with Crippen LogP contribution in [0.3, 0.4) is 0 Å². The molecule has 126 valence electrons. The summed E-state index contributed by atoms with van der Waals surface area (Å²) in [4.78, 5) is 23.7. The number of rotatable bonds is 6. The van der Waals surface area contributed by atoms with Crippen LogP contribution in [0.2, 0.25) is 0 Å². The van der Waals surface area contributed by atoms with Crippen LogP contribution >= 0.6 is 11.8 Å². The van der Waals surface area contributed by atoms with Crippen molar-refractivity contribution in [1.29, 1.82) is 0 Å². The van der Waals surface area contributed by atoms with Crippen LogP contribution in [0.25, 0.3) is 0 Å². The fraction of sp³-hybridized carbons (Fsp3) is 0.500. The molecule has 1 aliphatic carbocycles. The molecule has 1 fully saturated rings. The van der Waals surface area contributed by atoms with Crippen molar-refractivity contribution in [1.82, 2.24) is 5.32 Å². The number of hydrogen-bond donors (Lipinski definition) is 4. The van der Waals surface area contributed by atoms with Gasteiger partial charge in [0.25, 0.3) is 0 Å². The highest BCUT2D eigenvalue weighted by atomic mass is 32.2. The molecule has 0 aromatic heterocycles. The monoisotopic (exact) mass is 338 g/mol. The number of para-hydroxylation sites is 1. The van der Waals surface area contributed by atoms with Crippen molar-refractivity contribution < 1.29 is 19.8 Å². The Morgan fingerprint density at radius 2 is 1.96 bits per heavy atom. The summed E-state index contributed by atoms with van der Waals surface area (Å²) < 4.78 is 0. The lowest BCUT2D eigenvalue weighted by Crippen LogP contribution is -2.47. The molecule has 1 aliphatic rings. The van der Waals surface area contributed by atoms with Gasteiger partial charge >= 0.3 is 12.0 Å². The highest BCUT2D eigenvalue weighted by Crippen LogP contribution is 2.37.